The maximum atomic E-state index is 14.1. The van der Waals surface area contributed by atoms with Crippen molar-refractivity contribution >= 4 is 17.6 Å². The summed E-state index contributed by atoms with van der Waals surface area (Å²) in [5.41, 5.74) is 0.676. The molecular formula is C21H33ClFN5O. The lowest BCUT2D eigenvalue weighted by Crippen LogP contribution is -2.59. The van der Waals surface area contributed by atoms with Crippen LogP contribution >= 0.6 is 11.6 Å². The van der Waals surface area contributed by atoms with E-state index in [4.69, 9.17) is 16.3 Å². The predicted molar refractivity (Wildman–Crippen MR) is 116 cm³/mol. The number of piperazine rings is 1. The fraction of sp³-hybridized carbons (Fsp3) is 0.667. The number of hydrogen-bond acceptors (Lipinski definition) is 4. The molecule has 0 atom stereocenters. The minimum Gasteiger partial charge on any atom is -0.381 e. The van der Waals surface area contributed by atoms with Crippen molar-refractivity contribution in [3.05, 3.63) is 34.6 Å². The highest BCUT2D eigenvalue weighted by Crippen LogP contribution is 2.25. The van der Waals surface area contributed by atoms with Crippen LogP contribution in [-0.4, -0.2) is 93.3 Å². The summed E-state index contributed by atoms with van der Waals surface area (Å²) in [6.07, 6.45) is 2.03. The van der Waals surface area contributed by atoms with Crippen molar-refractivity contribution < 1.29 is 9.13 Å². The predicted octanol–water partition coefficient (Wildman–Crippen LogP) is 2.28. The molecule has 2 fully saturated rings. The number of halogens is 2. The van der Waals surface area contributed by atoms with Gasteiger partial charge < -0.3 is 19.9 Å². The summed E-state index contributed by atoms with van der Waals surface area (Å²) in [5, 5.41) is 4.09. The topological polar surface area (TPSA) is 43.3 Å². The van der Waals surface area contributed by atoms with Crippen molar-refractivity contribution in [2.24, 2.45) is 4.99 Å². The van der Waals surface area contributed by atoms with Gasteiger partial charge in [-0.25, -0.2) is 4.39 Å². The van der Waals surface area contributed by atoms with Crippen molar-refractivity contribution in [3.63, 3.8) is 0 Å². The average molecular weight is 426 g/mol. The van der Waals surface area contributed by atoms with Crippen molar-refractivity contribution in [1.29, 1.82) is 0 Å². The Labute approximate surface area is 178 Å². The summed E-state index contributed by atoms with van der Waals surface area (Å²) >= 11 is 6.18. The van der Waals surface area contributed by atoms with E-state index in [-0.39, 0.29) is 11.4 Å². The van der Waals surface area contributed by atoms with Gasteiger partial charge in [-0.3, -0.25) is 9.89 Å². The molecule has 3 rings (SSSR count). The van der Waals surface area contributed by atoms with Gasteiger partial charge in [-0.1, -0.05) is 17.7 Å². The highest BCUT2D eigenvalue weighted by molar-refractivity contribution is 6.31. The van der Waals surface area contributed by atoms with Crippen LogP contribution in [-0.2, 0) is 11.3 Å². The van der Waals surface area contributed by atoms with E-state index < -0.39 is 0 Å². The molecule has 0 aliphatic carbocycles. The molecule has 162 valence electrons. The number of nitrogens with one attached hydrogen (secondary N) is 1. The zero-order valence-electron chi connectivity index (χ0n) is 17.8. The van der Waals surface area contributed by atoms with E-state index in [9.17, 15) is 4.39 Å². The molecular weight excluding hydrogens is 393 g/mol. The van der Waals surface area contributed by atoms with Crippen LogP contribution < -0.4 is 5.32 Å². The van der Waals surface area contributed by atoms with E-state index in [1.165, 1.54) is 6.07 Å². The van der Waals surface area contributed by atoms with Gasteiger partial charge in [0.1, 0.15) is 5.82 Å². The Morgan fingerprint density at radius 2 is 1.93 bits per heavy atom. The lowest BCUT2D eigenvalue weighted by Gasteiger charge is -2.44. The van der Waals surface area contributed by atoms with E-state index in [0.717, 1.165) is 64.7 Å². The van der Waals surface area contributed by atoms with Gasteiger partial charge in [0.05, 0.1) is 0 Å². The standard InChI is InChI=1S/C21H33ClFN5O/c1-24-20(25-16-21(26(2)3)7-13-29-14-8-21)28-11-9-27(10-12-28)15-17-18(22)5-4-6-19(17)23/h4-6H,7-16H2,1-3H3,(H,24,25). The number of nitrogens with zero attached hydrogens (tertiary/aromatic N) is 4. The van der Waals surface area contributed by atoms with Gasteiger partial charge in [0.15, 0.2) is 5.96 Å². The first-order valence-corrected chi connectivity index (χ1v) is 10.7. The molecule has 1 N–H and O–H groups in total. The molecule has 0 amide bonds. The normalized spacial score (nSPS) is 20.9. The first-order valence-electron chi connectivity index (χ1n) is 10.3. The summed E-state index contributed by atoms with van der Waals surface area (Å²) < 4.78 is 19.6. The Balaban J connectivity index is 1.53. The van der Waals surface area contributed by atoms with E-state index in [1.807, 2.05) is 7.05 Å². The van der Waals surface area contributed by atoms with Crippen molar-refractivity contribution in [2.45, 2.75) is 24.9 Å². The number of guanidine groups is 1. The Morgan fingerprint density at radius 3 is 2.52 bits per heavy atom. The quantitative estimate of drug-likeness (QED) is 0.579. The van der Waals surface area contributed by atoms with Crippen LogP contribution in [0.2, 0.25) is 5.02 Å². The molecule has 2 aliphatic heterocycles. The van der Waals surface area contributed by atoms with E-state index in [0.29, 0.717) is 17.1 Å². The van der Waals surface area contributed by atoms with Gasteiger partial charge in [-0.15, -0.1) is 0 Å². The second-order valence-corrected chi connectivity index (χ2v) is 8.50. The number of ether oxygens (including phenoxy) is 1. The first kappa shape index (κ1) is 22.3. The second kappa shape index (κ2) is 10.1. The molecule has 29 heavy (non-hydrogen) atoms. The molecule has 0 radical (unpaired) electrons. The molecule has 1 aromatic rings. The van der Waals surface area contributed by atoms with Crippen molar-refractivity contribution in [2.75, 3.05) is 67.1 Å². The van der Waals surface area contributed by atoms with E-state index in [2.05, 4.69) is 39.1 Å². The summed E-state index contributed by atoms with van der Waals surface area (Å²) in [5.74, 6) is 0.698. The lowest BCUT2D eigenvalue weighted by atomic mass is 9.88. The van der Waals surface area contributed by atoms with Crippen LogP contribution in [0.4, 0.5) is 4.39 Å². The number of hydrogen-bond donors (Lipinski definition) is 1. The van der Waals surface area contributed by atoms with E-state index in [1.54, 1.807) is 12.1 Å². The first-order chi connectivity index (χ1) is 13.9. The molecule has 2 aliphatic rings. The maximum Gasteiger partial charge on any atom is 0.193 e. The third-order valence-corrected chi connectivity index (χ3v) is 6.63. The Bertz CT molecular complexity index is 680. The number of aliphatic imine (C=N–C) groups is 1. The van der Waals surface area contributed by atoms with Gasteiger partial charge in [0.2, 0.25) is 0 Å². The van der Waals surface area contributed by atoms with Crippen LogP contribution in [0.15, 0.2) is 23.2 Å². The van der Waals surface area contributed by atoms with Crippen LogP contribution in [0, 0.1) is 5.82 Å². The molecule has 8 heteroatoms. The Kier molecular flexibility index (Phi) is 7.73. The minimum absolute atomic E-state index is 0.0948. The fourth-order valence-corrected chi connectivity index (χ4v) is 4.36. The van der Waals surface area contributed by atoms with Crippen LogP contribution in [0.3, 0.4) is 0 Å². The fourth-order valence-electron chi connectivity index (χ4n) is 4.13. The molecule has 0 bridgehead atoms. The van der Waals surface area contributed by atoms with Crippen LogP contribution in [0.1, 0.15) is 18.4 Å². The molecule has 0 saturated carbocycles. The molecule has 2 heterocycles. The smallest absolute Gasteiger partial charge is 0.193 e. The van der Waals surface area contributed by atoms with Crippen molar-refractivity contribution in [3.8, 4) is 0 Å². The van der Waals surface area contributed by atoms with Gasteiger partial charge in [0.25, 0.3) is 0 Å². The minimum atomic E-state index is -0.233. The van der Waals surface area contributed by atoms with E-state index >= 15 is 0 Å². The third kappa shape index (κ3) is 5.40. The molecule has 1 aromatic carbocycles. The summed E-state index contributed by atoms with van der Waals surface area (Å²) in [4.78, 5) is 11.3. The molecule has 6 nitrogen and oxygen atoms in total. The molecule has 0 aromatic heterocycles. The zero-order chi connectivity index (χ0) is 20.9. The highest BCUT2D eigenvalue weighted by Gasteiger charge is 2.35. The second-order valence-electron chi connectivity index (χ2n) is 8.10. The highest BCUT2D eigenvalue weighted by atomic mass is 35.5. The third-order valence-electron chi connectivity index (χ3n) is 6.27. The van der Waals surface area contributed by atoms with Gasteiger partial charge in [0, 0.05) is 75.7 Å². The molecule has 2 saturated heterocycles. The zero-order valence-corrected chi connectivity index (χ0v) is 18.5. The Morgan fingerprint density at radius 1 is 1.24 bits per heavy atom. The lowest BCUT2D eigenvalue weighted by molar-refractivity contribution is -0.00535. The maximum absolute atomic E-state index is 14.1. The van der Waals surface area contributed by atoms with Gasteiger partial charge >= 0.3 is 0 Å². The van der Waals surface area contributed by atoms with Gasteiger partial charge in [-0.05, 0) is 39.1 Å². The largest absolute Gasteiger partial charge is 0.381 e. The SMILES string of the molecule is CN=C(NCC1(N(C)C)CCOCC1)N1CCN(Cc2c(F)cccc2Cl)CC1. The summed E-state index contributed by atoms with van der Waals surface area (Å²) in [6.45, 7) is 6.38. The number of rotatable bonds is 5. The average Bonchev–Trinajstić information content (AvgIpc) is 2.73. The molecule has 0 unspecified atom stereocenters. The number of benzene rings is 1. The number of likely N-dealkylation sites (N-methyl/N-ethyl adjacent to an activating group) is 1. The van der Waals surface area contributed by atoms with Crippen LogP contribution in [0.25, 0.3) is 0 Å². The summed E-state index contributed by atoms with van der Waals surface area (Å²) in [7, 11) is 6.12. The Hall–Kier alpha value is -1.41. The van der Waals surface area contributed by atoms with Crippen molar-refractivity contribution in [1.82, 2.24) is 20.0 Å². The summed E-state index contributed by atoms with van der Waals surface area (Å²) in [6, 6.07) is 4.87. The monoisotopic (exact) mass is 425 g/mol. The van der Waals surface area contributed by atoms with Crippen LogP contribution in [0.5, 0.6) is 0 Å². The molecule has 0 spiro atoms. The van der Waals surface area contributed by atoms with Gasteiger partial charge in [-0.2, -0.15) is 0 Å².